The first-order valence-electron chi connectivity index (χ1n) is 2.97. The van der Waals surface area contributed by atoms with Crippen molar-refractivity contribution in [3.8, 4) is 0 Å². The molecule has 0 saturated carbocycles. The van der Waals surface area contributed by atoms with E-state index in [4.69, 9.17) is 10.2 Å². The standard InChI is InChI=1S/C6H8O5.2K.2H/c7-4(3-6(10)11)1-2-5(8)9;;;;/h1-3H2,(H,8,9)(H,10,11);;;;. The first-order valence-corrected chi connectivity index (χ1v) is 2.97. The first kappa shape index (κ1) is 20.3. The van der Waals surface area contributed by atoms with Crippen LogP contribution in [0.3, 0.4) is 0 Å². The van der Waals surface area contributed by atoms with Crippen molar-refractivity contribution in [2.45, 2.75) is 19.3 Å². The SMILES string of the molecule is O=C(O)CCC(=O)CC(=O)O.[KH].[KH]. The predicted octanol–water partition coefficient (Wildman–Crippen LogP) is -1.40. The molecule has 66 valence electrons. The summed E-state index contributed by atoms with van der Waals surface area (Å²) in [7, 11) is 0. The van der Waals surface area contributed by atoms with Crippen LogP contribution in [0.15, 0.2) is 0 Å². The van der Waals surface area contributed by atoms with Gasteiger partial charge in [0.05, 0.1) is 6.42 Å². The van der Waals surface area contributed by atoms with Crippen molar-refractivity contribution in [3.05, 3.63) is 0 Å². The van der Waals surface area contributed by atoms with E-state index in [-0.39, 0.29) is 116 Å². The molecule has 0 saturated heterocycles. The Labute approximate surface area is 160 Å². The Morgan fingerprint density at radius 2 is 1.31 bits per heavy atom. The van der Waals surface area contributed by atoms with Gasteiger partial charge in [0.2, 0.25) is 0 Å². The molecule has 0 aromatic heterocycles. The van der Waals surface area contributed by atoms with Gasteiger partial charge < -0.3 is 10.2 Å². The third-order valence-corrected chi connectivity index (χ3v) is 0.966. The van der Waals surface area contributed by atoms with Crippen LogP contribution in [0.25, 0.3) is 0 Å². The van der Waals surface area contributed by atoms with E-state index in [1.165, 1.54) is 0 Å². The van der Waals surface area contributed by atoms with E-state index < -0.39 is 24.1 Å². The monoisotopic (exact) mass is 240 g/mol. The molecule has 7 heteroatoms. The topological polar surface area (TPSA) is 91.7 Å². The van der Waals surface area contributed by atoms with Gasteiger partial charge in [0.25, 0.3) is 0 Å². The Morgan fingerprint density at radius 1 is 0.846 bits per heavy atom. The van der Waals surface area contributed by atoms with Gasteiger partial charge in [-0.05, 0) is 0 Å². The Balaban J connectivity index is -0.000000500. The summed E-state index contributed by atoms with van der Waals surface area (Å²) < 4.78 is 0. The molecular formula is C6H10K2O5. The maximum atomic E-state index is 10.5. The molecule has 0 aromatic rings. The average Bonchev–Trinajstić information content (AvgIpc) is 1.82. The summed E-state index contributed by atoms with van der Waals surface area (Å²) in [5, 5.41) is 16.2. The number of carboxylic acid groups (broad SMARTS) is 2. The molecule has 0 bridgehead atoms. The van der Waals surface area contributed by atoms with E-state index in [9.17, 15) is 14.4 Å². The average molecular weight is 240 g/mol. The minimum atomic E-state index is -1.22. The van der Waals surface area contributed by atoms with Gasteiger partial charge in [-0.3, -0.25) is 14.4 Å². The molecule has 0 rings (SSSR count). The number of hydrogen-bond acceptors (Lipinski definition) is 3. The second kappa shape index (κ2) is 12.0. The molecule has 0 fully saturated rings. The van der Waals surface area contributed by atoms with E-state index in [2.05, 4.69) is 0 Å². The number of carboxylic acids is 2. The summed E-state index contributed by atoms with van der Waals surface area (Å²) in [5.41, 5.74) is 0. The number of Topliss-reactive ketones (excluding diaryl/α,β-unsaturated/α-hetero) is 1. The van der Waals surface area contributed by atoms with Gasteiger partial charge in [0.15, 0.2) is 0 Å². The zero-order valence-electron chi connectivity index (χ0n) is 5.74. The second-order valence-electron chi connectivity index (χ2n) is 2.00. The van der Waals surface area contributed by atoms with Crippen molar-refractivity contribution in [2.24, 2.45) is 0 Å². The fourth-order valence-corrected chi connectivity index (χ4v) is 0.503. The fourth-order valence-electron chi connectivity index (χ4n) is 0.503. The summed E-state index contributed by atoms with van der Waals surface area (Å²) >= 11 is 0. The van der Waals surface area contributed by atoms with Crippen LogP contribution in [0.5, 0.6) is 0 Å². The number of ketones is 1. The van der Waals surface area contributed by atoms with Crippen LogP contribution >= 0.6 is 0 Å². The Kier molecular flexibility index (Phi) is 18.7. The predicted molar refractivity (Wildman–Crippen MR) is 48.4 cm³/mol. The summed E-state index contributed by atoms with van der Waals surface area (Å²) in [6, 6.07) is 0. The van der Waals surface area contributed by atoms with Crippen LogP contribution in [0.1, 0.15) is 19.3 Å². The number of aliphatic carboxylic acids is 2. The second-order valence-corrected chi connectivity index (χ2v) is 2.00. The molecule has 0 aromatic carbocycles. The number of hydrogen-bond donors (Lipinski definition) is 2. The van der Waals surface area contributed by atoms with Gasteiger partial charge in [-0.25, -0.2) is 0 Å². The summed E-state index contributed by atoms with van der Waals surface area (Å²) in [5.74, 6) is -2.87. The van der Waals surface area contributed by atoms with E-state index in [0.717, 1.165) is 0 Å². The van der Waals surface area contributed by atoms with Crippen molar-refractivity contribution in [3.63, 3.8) is 0 Å². The molecule has 0 aliphatic rings. The van der Waals surface area contributed by atoms with Crippen molar-refractivity contribution >= 4 is 120 Å². The van der Waals surface area contributed by atoms with Gasteiger partial charge in [-0.15, -0.1) is 0 Å². The van der Waals surface area contributed by atoms with E-state index >= 15 is 0 Å². The fraction of sp³-hybridized carbons (Fsp3) is 0.500. The zero-order valence-corrected chi connectivity index (χ0v) is 5.74. The molecule has 0 unspecified atom stereocenters. The van der Waals surface area contributed by atoms with E-state index in [1.807, 2.05) is 0 Å². The Bertz CT molecular complexity index is 191. The molecular weight excluding hydrogens is 230 g/mol. The number of rotatable bonds is 5. The van der Waals surface area contributed by atoms with Gasteiger partial charge in [0, 0.05) is 6.42 Å². The first-order chi connectivity index (χ1) is 5.02. The van der Waals surface area contributed by atoms with Crippen LogP contribution in [-0.4, -0.2) is 131 Å². The Hall–Kier alpha value is 1.88. The van der Waals surface area contributed by atoms with Crippen LogP contribution in [0.2, 0.25) is 0 Å². The molecule has 0 atom stereocenters. The molecule has 0 amide bonds. The minimum absolute atomic E-state index is 0. The van der Waals surface area contributed by atoms with E-state index in [0.29, 0.717) is 0 Å². The van der Waals surface area contributed by atoms with Crippen LogP contribution in [0, 0.1) is 0 Å². The molecule has 5 nitrogen and oxygen atoms in total. The third-order valence-electron chi connectivity index (χ3n) is 0.966. The van der Waals surface area contributed by atoms with Crippen LogP contribution in [0.4, 0.5) is 0 Å². The summed E-state index contributed by atoms with van der Waals surface area (Å²) in [6.45, 7) is 0. The van der Waals surface area contributed by atoms with Gasteiger partial charge in [-0.2, -0.15) is 0 Å². The molecule has 0 spiro atoms. The van der Waals surface area contributed by atoms with Crippen molar-refractivity contribution in [1.29, 1.82) is 0 Å². The normalized spacial score (nSPS) is 7.69. The molecule has 0 aliphatic carbocycles. The molecule has 0 aliphatic heterocycles. The molecule has 0 heterocycles. The molecule has 2 N–H and O–H groups in total. The van der Waals surface area contributed by atoms with Crippen molar-refractivity contribution in [2.75, 3.05) is 0 Å². The summed E-state index contributed by atoms with van der Waals surface area (Å²) in [6.07, 6.45) is -1.10. The van der Waals surface area contributed by atoms with Crippen LogP contribution < -0.4 is 0 Å². The quantitative estimate of drug-likeness (QED) is 0.455. The molecule has 13 heavy (non-hydrogen) atoms. The zero-order chi connectivity index (χ0) is 8.85. The van der Waals surface area contributed by atoms with Gasteiger partial charge >= 0.3 is 115 Å². The third kappa shape index (κ3) is 16.6. The maximum absolute atomic E-state index is 10.5. The Morgan fingerprint density at radius 3 is 1.62 bits per heavy atom. The van der Waals surface area contributed by atoms with Gasteiger partial charge in [-0.1, -0.05) is 0 Å². The summed E-state index contributed by atoms with van der Waals surface area (Å²) in [4.78, 5) is 30.3. The van der Waals surface area contributed by atoms with Crippen LogP contribution in [-0.2, 0) is 14.4 Å². The van der Waals surface area contributed by atoms with Crippen molar-refractivity contribution in [1.82, 2.24) is 0 Å². The number of carbonyl (C=O) groups excluding carboxylic acids is 1. The van der Waals surface area contributed by atoms with Crippen molar-refractivity contribution < 1.29 is 24.6 Å². The molecule has 0 radical (unpaired) electrons. The van der Waals surface area contributed by atoms with E-state index in [1.54, 1.807) is 0 Å². The van der Waals surface area contributed by atoms with Gasteiger partial charge in [0.1, 0.15) is 12.2 Å². The number of carbonyl (C=O) groups is 3.